The number of sulfonamides is 1. The molecule has 1 atom stereocenters. The van der Waals surface area contributed by atoms with Gasteiger partial charge in [-0.05, 0) is 68.0 Å². The third kappa shape index (κ3) is 5.20. The Morgan fingerprint density at radius 2 is 1.85 bits per heavy atom. The van der Waals surface area contributed by atoms with E-state index in [0.29, 0.717) is 12.2 Å². The maximum atomic E-state index is 13.0. The van der Waals surface area contributed by atoms with Gasteiger partial charge in [-0.3, -0.25) is 14.3 Å². The van der Waals surface area contributed by atoms with Crippen molar-refractivity contribution in [1.82, 2.24) is 5.32 Å². The van der Waals surface area contributed by atoms with Crippen molar-refractivity contribution in [2.24, 2.45) is 0 Å². The molecular weight excluding hydrogens is 442 g/mol. The number of rotatable bonds is 8. The average Bonchev–Trinajstić information content (AvgIpc) is 3.41. The Hall–Kier alpha value is -2.91. The van der Waals surface area contributed by atoms with Crippen molar-refractivity contribution in [2.45, 2.75) is 55.9 Å². The van der Waals surface area contributed by atoms with Crippen LogP contribution in [-0.4, -0.2) is 39.5 Å². The van der Waals surface area contributed by atoms with E-state index in [4.69, 9.17) is 4.74 Å². The third-order valence-electron chi connectivity index (χ3n) is 6.13. The molecular formula is C24H29N3O5S. The van der Waals surface area contributed by atoms with E-state index in [-0.39, 0.29) is 28.5 Å². The number of benzene rings is 2. The van der Waals surface area contributed by atoms with Crippen molar-refractivity contribution < 1.29 is 22.7 Å². The highest BCUT2D eigenvalue weighted by molar-refractivity contribution is 7.92. The van der Waals surface area contributed by atoms with E-state index < -0.39 is 15.4 Å². The van der Waals surface area contributed by atoms with E-state index in [9.17, 15) is 18.0 Å². The number of hydrogen-bond acceptors (Lipinski definition) is 5. The first-order valence-electron chi connectivity index (χ1n) is 11.1. The summed E-state index contributed by atoms with van der Waals surface area (Å²) in [7, 11) is -3.94. The fraction of sp³-hybridized carbons (Fsp3) is 0.417. The van der Waals surface area contributed by atoms with Crippen LogP contribution in [0.3, 0.4) is 0 Å². The molecule has 0 spiro atoms. The molecule has 1 saturated carbocycles. The molecule has 0 aromatic heterocycles. The fourth-order valence-electron chi connectivity index (χ4n) is 4.17. The van der Waals surface area contributed by atoms with Crippen LogP contribution in [0.15, 0.2) is 47.4 Å². The summed E-state index contributed by atoms with van der Waals surface area (Å²) in [5, 5.41) is 5.58. The van der Waals surface area contributed by atoms with Gasteiger partial charge in [0.2, 0.25) is 11.8 Å². The molecule has 2 amide bonds. The van der Waals surface area contributed by atoms with Crippen molar-refractivity contribution in [3.63, 3.8) is 0 Å². The minimum absolute atomic E-state index is 0.00560. The quantitative estimate of drug-likeness (QED) is 0.548. The average molecular weight is 472 g/mol. The van der Waals surface area contributed by atoms with E-state index in [1.807, 2.05) is 0 Å². The van der Waals surface area contributed by atoms with Crippen LogP contribution in [0, 0.1) is 6.92 Å². The summed E-state index contributed by atoms with van der Waals surface area (Å²) < 4.78 is 34.2. The summed E-state index contributed by atoms with van der Waals surface area (Å²) in [4.78, 5) is 24.3. The topological polar surface area (TPSA) is 114 Å². The molecule has 1 aliphatic heterocycles. The zero-order valence-corrected chi connectivity index (χ0v) is 19.6. The molecule has 0 unspecified atom stereocenters. The van der Waals surface area contributed by atoms with Gasteiger partial charge in [-0.1, -0.05) is 18.2 Å². The second-order valence-corrected chi connectivity index (χ2v) is 10.4. The molecule has 0 bridgehead atoms. The van der Waals surface area contributed by atoms with Crippen LogP contribution in [0.4, 0.5) is 11.4 Å². The molecule has 3 N–H and O–H groups in total. The molecule has 8 nitrogen and oxygen atoms in total. The van der Waals surface area contributed by atoms with Gasteiger partial charge in [0.25, 0.3) is 10.0 Å². The van der Waals surface area contributed by atoms with Crippen molar-refractivity contribution in [2.75, 3.05) is 23.2 Å². The number of aryl methyl sites for hydroxylation is 1. The van der Waals surface area contributed by atoms with Crippen LogP contribution in [0.1, 0.15) is 43.7 Å². The summed E-state index contributed by atoms with van der Waals surface area (Å²) >= 11 is 0. The molecule has 0 radical (unpaired) electrons. The summed E-state index contributed by atoms with van der Waals surface area (Å²) in [5.74, 6) is -0.363. The van der Waals surface area contributed by atoms with Crippen LogP contribution >= 0.6 is 0 Å². The van der Waals surface area contributed by atoms with Crippen LogP contribution in [0.25, 0.3) is 0 Å². The molecule has 33 heavy (non-hydrogen) atoms. The Kier molecular flexibility index (Phi) is 6.45. The van der Waals surface area contributed by atoms with Gasteiger partial charge < -0.3 is 15.4 Å². The van der Waals surface area contributed by atoms with Crippen molar-refractivity contribution in [3.8, 4) is 0 Å². The normalized spacial score (nSPS) is 19.0. The van der Waals surface area contributed by atoms with Crippen LogP contribution < -0.4 is 15.4 Å². The molecule has 2 fully saturated rings. The number of anilines is 2. The van der Waals surface area contributed by atoms with Crippen molar-refractivity contribution >= 4 is 33.2 Å². The zero-order chi connectivity index (χ0) is 23.6. The molecule has 2 aromatic rings. The Balaban J connectivity index is 1.47. The minimum Gasteiger partial charge on any atom is -0.376 e. The molecule has 176 valence electrons. The van der Waals surface area contributed by atoms with Gasteiger partial charge in [-0.15, -0.1) is 0 Å². The number of ether oxygens (including phenoxy) is 1. The lowest BCUT2D eigenvalue weighted by molar-refractivity contribution is -0.124. The van der Waals surface area contributed by atoms with Crippen LogP contribution in [-0.2, 0) is 29.8 Å². The minimum atomic E-state index is -3.94. The van der Waals surface area contributed by atoms with E-state index in [1.165, 1.54) is 13.0 Å². The zero-order valence-electron chi connectivity index (χ0n) is 18.8. The molecule has 1 aliphatic carbocycles. The van der Waals surface area contributed by atoms with Gasteiger partial charge in [0, 0.05) is 25.8 Å². The van der Waals surface area contributed by atoms with Gasteiger partial charge in [-0.25, -0.2) is 8.42 Å². The molecule has 4 rings (SSSR count). The van der Waals surface area contributed by atoms with Crippen molar-refractivity contribution in [3.05, 3.63) is 53.6 Å². The SMILES string of the molecule is CC(=O)Nc1ccc(C)cc1S(=O)(=O)Nc1ccc(C2(C(=O)NC[C@H]3CCCO3)CC2)cc1. The maximum absolute atomic E-state index is 13.0. The first-order valence-corrected chi connectivity index (χ1v) is 12.6. The molecule has 2 aromatic carbocycles. The predicted octanol–water partition coefficient (Wildman–Crippen LogP) is 3.08. The Morgan fingerprint density at radius 3 is 2.45 bits per heavy atom. The van der Waals surface area contributed by atoms with E-state index in [0.717, 1.165) is 43.4 Å². The lowest BCUT2D eigenvalue weighted by Crippen LogP contribution is -2.39. The second kappa shape index (κ2) is 9.15. The molecule has 2 aliphatic rings. The Bertz CT molecular complexity index is 1150. The van der Waals surface area contributed by atoms with E-state index in [1.54, 1.807) is 43.3 Å². The number of hydrogen-bond donors (Lipinski definition) is 3. The predicted molar refractivity (Wildman–Crippen MR) is 126 cm³/mol. The summed E-state index contributed by atoms with van der Waals surface area (Å²) in [6.07, 6.45) is 3.60. The highest BCUT2D eigenvalue weighted by Gasteiger charge is 2.51. The summed E-state index contributed by atoms with van der Waals surface area (Å²) in [6, 6.07) is 11.7. The number of nitrogens with one attached hydrogen (secondary N) is 3. The molecule has 1 saturated heterocycles. The second-order valence-electron chi connectivity index (χ2n) is 8.79. The Labute approximate surface area is 194 Å². The lowest BCUT2D eigenvalue weighted by Gasteiger charge is -2.18. The smallest absolute Gasteiger partial charge is 0.263 e. The fourth-order valence-corrected chi connectivity index (χ4v) is 5.47. The van der Waals surface area contributed by atoms with Gasteiger partial charge in [0.1, 0.15) is 4.90 Å². The highest BCUT2D eigenvalue weighted by Crippen LogP contribution is 2.48. The Morgan fingerprint density at radius 1 is 1.12 bits per heavy atom. The largest absolute Gasteiger partial charge is 0.376 e. The lowest BCUT2D eigenvalue weighted by atomic mass is 9.94. The molecule has 1 heterocycles. The highest BCUT2D eigenvalue weighted by atomic mass is 32.2. The van der Waals surface area contributed by atoms with Gasteiger partial charge in [0.05, 0.1) is 17.2 Å². The van der Waals surface area contributed by atoms with Gasteiger partial charge in [-0.2, -0.15) is 0 Å². The van der Waals surface area contributed by atoms with E-state index >= 15 is 0 Å². The van der Waals surface area contributed by atoms with Crippen LogP contribution in [0.5, 0.6) is 0 Å². The monoisotopic (exact) mass is 471 g/mol. The van der Waals surface area contributed by atoms with Gasteiger partial charge in [0.15, 0.2) is 0 Å². The first kappa shape index (κ1) is 23.3. The number of carbonyl (C=O) groups excluding carboxylic acids is 2. The number of carbonyl (C=O) groups is 2. The first-order chi connectivity index (χ1) is 15.7. The van der Waals surface area contributed by atoms with Crippen LogP contribution in [0.2, 0.25) is 0 Å². The standard InChI is InChI=1S/C24H29N3O5S/c1-16-5-10-21(26-17(2)28)22(14-16)33(30,31)27-19-8-6-18(7-9-19)24(11-12-24)23(29)25-15-20-4-3-13-32-20/h5-10,14,20,27H,3-4,11-13,15H2,1-2H3,(H,25,29)(H,26,28)/t20-/m1/s1. The summed E-state index contributed by atoms with van der Waals surface area (Å²) in [5.41, 5.74) is 1.67. The van der Waals surface area contributed by atoms with Gasteiger partial charge >= 0.3 is 0 Å². The third-order valence-corrected chi connectivity index (χ3v) is 7.55. The summed E-state index contributed by atoms with van der Waals surface area (Å²) in [6.45, 7) is 4.38. The van der Waals surface area contributed by atoms with Crippen molar-refractivity contribution in [1.29, 1.82) is 0 Å². The molecule has 9 heteroatoms. The van der Waals surface area contributed by atoms with E-state index in [2.05, 4.69) is 15.4 Å². The maximum Gasteiger partial charge on any atom is 0.263 e. The number of amides is 2.